The van der Waals surface area contributed by atoms with Crippen LogP contribution in [-0.2, 0) is 0 Å². The number of oxazole rings is 1. The number of H-pyrrole nitrogens is 1. The fourth-order valence-electron chi connectivity index (χ4n) is 2.58. The van der Waals surface area contributed by atoms with Gasteiger partial charge in [-0.25, -0.2) is 9.82 Å². The van der Waals surface area contributed by atoms with Crippen LogP contribution >= 0.6 is 11.6 Å². The number of benzene rings is 2. The second kappa shape index (κ2) is 6.94. The van der Waals surface area contributed by atoms with Crippen LogP contribution in [0.15, 0.2) is 58.2 Å². The third-order valence-corrected chi connectivity index (χ3v) is 4.10. The van der Waals surface area contributed by atoms with Crippen LogP contribution in [0.3, 0.4) is 0 Å². The van der Waals surface area contributed by atoms with Crippen molar-refractivity contribution in [1.29, 1.82) is 5.26 Å². The fourth-order valence-corrected chi connectivity index (χ4v) is 2.75. The zero-order valence-corrected chi connectivity index (χ0v) is 14.5. The van der Waals surface area contributed by atoms with Gasteiger partial charge >= 0.3 is 0 Å². The zero-order chi connectivity index (χ0) is 18.8. The first kappa shape index (κ1) is 16.8. The first-order valence-electron chi connectivity index (χ1n) is 7.86. The number of aromatic nitrogens is 2. The molecule has 8 heteroatoms. The molecule has 0 unspecified atom stereocenters. The van der Waals surface area contributed by atoms with Crippen molar-refractivity contribution in [3.05, 3.63) is 70.8 Å². The molecule has 0 bridgehead atoms. The number of hydrogen-bond acceptors (Lipinski definition) is 5. The lowest BCUT2D eigenvalue weighted by Crippen LogP contribution is -1.91. The highest BCUT2D eigenvalue weighted by Gasteiger charge is 2.14. The van der Waals surface area contributed by atoms with E-state index in [1.165, 1.54) is 24.3 Å². The van der Waals surface area contributed by atoms with E-state index in [0.717, 1.165) is 16.5 Å². The van der Waals surface area contributed by atoms with Crippen LogP contribution < -0.4 is 5.43 Å². The molecule has 0 fully saturated rings. The van der Waals surface area contributed by atoms with Crippen LogP contribution in [0.25, 0.3) is 22.4 Å². The molecule has 0 atom stereocenters. The summed E-state index contributed by atoms with van der Waals surface area (Å²) in [7, 11) is 0. The molecular formula is C19H11ClFN5O. The largest absolute Gasteiger partial charge is 0.417 e. The van der Waals surface area contributed by atoms with Crippen molar-refractivity contribution in [3.63, 3.8) is 0 Å². The van der Waals surface area contributed by atoms with E-state index in [4.69, 9.17) is 16.0 Å². The second-order valence-corrected chi connectivity index (χ2v) is 6.06. The summed E-state index contributed by atoms with van der Waals surface area (Å²) >= 11 is 5.97. The molecule has 0 amide bonds. The van der Waals surface area contributed by atoms with E-state index >= 15 is 0 Å². The molecular weight excluding hydrogens is 369 g/mol. The number of nitrogens with zero attached hydrogens (tertiary/aromatic N) is 3. The topological polar surface area (TPSA) is 90.0 Å². The summed E-state index contributed by atoms with van der Waals surface area (Å²) in [5.41, 5.74) is 5.02. The Bertz CT molecular complexity index is 1190. The van der Waals surface area contributed by atoms with Crippen molar-refractivity contribution < 1.29 is 8.81 Å². The van der Waals surface area contributed by atoms with Crippen LogP contribution in [0, 0.1) is 17.1 Å². The minimum Gasteiger partial charge on any atom is -0.417 e. The van der Waals surface area contributed by atoms with Crippen molar-refractivity contribution in [2.45, 2.75) is 0 Å². The van der Waals surface area contributed by atoms with Gasteiger partial charge in [0.05, 0.1) is 6.21 Å². The Kier molecular flexibility index (Phi) is 4.32. The van der Waals surface area contributed by atoms with Crippen LogP contribution in [0.5, 0.6) is 0 Å². The highest BCUT2D eigenvalue weighted by Crippen LogP contribution is 2.26. The molecule has 0 aliphatic heterocycles. The van der Waals surface area contributed by atoms with Crippen LogP contribution in [0.1, 0.15) is 11.3 Å². The molecule has 0 aliphatic carbocycles. The summed E-state index contributed by atoms with van der Waals surface area (Å²) in [6.07, 6.45) is 3.38. The van der Waals surface area contributed by atoms with Crippen molar-refractivity contribution in [2.75, 3.05) is 5.43 Å². The van der Waals surface area contributed by atoms with Crippen LogP contribution in [0.2, 0.25) is 5.02 Å². The van der Waals surface area contributed by atoms with E-state index < -0.39 is 0 Å². The Morgan fingerprint density at radius 3 is 2.85 bits per heavy atom. The van der Waals surface area contributed by atoms with Gasteiger partial charge in [-0.3, -0.25) is 0 Å². The number of hydrogen-bond donors (Lipinski definition) is 2. The summed E-state index contributed by atoms with van der Waals surface area (Å²) < 4.78 is 18.6. The minimum absolute atomic E-state index is 0.0529. The summed E-state index contributed by atoms with van der Waals surface area (Å²) in [6, 6.07) is 13.1. The lowest BCUT2D eigenvalue weighted by molar-refractivity contribution is 0.586. The number of anilines is 1. The molecule has 2 heterocycles. The third-order valence-electron chi connectivity index (χ3n) is 3.87. The molecule has 4 rings (SSSR count). The number of nitriles is 1. The molecule has 0 aliphatic rings. The third kappa shape index (κ3) is 3.38. The van der Waals surface area contributed by atoms with Gasteiger partial charge < -0.3 is 9.40 Å². The predicted molar refractivity (Wildman–Crippen MR) is 101 cm³/mol. The van der Waals surface area contributed by atoms with Gasteiger partial charge in [0, 0.05) is 33.2 Å². The van der Waals surface area contributed by atoms with Crippen LogP contribution in [0.4, 0.5) is 10.3 Å². The molecule has 132 valence electrons. The molecule has 27 heavy (non-hydrogen) atoms. The first-order valence-corrected chi connectivity index (χ1v) is 8.24. The first-order chi connectivity index (χ1) is 13.1. The number of nitrogens with one attached hydrogen (secondary N) is 2. The van der Waals surface area contributed by atoms with Gasteiger partial charge in [0.1, 0.15) is 11.9 Å². The highest BCUT2D eigenvalue weighted by molar-refractivity contribution is 6.31. The highest BCUT2D eigenvalue weighted by atomic mass is 35.5. The molecule has 4 aromatic rings. The monoisotopic (exact) mass is 379 g/mol. The minimum atomic E-state index is -0.367. The Morgan fingerprint density at radius 1 is 1.26 bits per heavy atom. The van der Waals surface area contributed by atoms with Gasteiger partial charge in [0.15, 0.2) is 0 Å². The summed E-state index contributed by atoms with van der Waals surface area (Å²) in [5.74, 6) is -0.0595. The summed E-state index contributed by atoms with van der Waals surface area (Å²) in [4.78, 5) is 7.20. The Labute approximate surface area is 157 Å². The number of halogens is 2. The maximum Gasteiger partial charge on any atom is 0.252 e. The number of fused-ring (bicyclic) bond motifs is 1. The molecule has 0 radical (unpaired) electrons. The number of hydrazone groups is 1. The second-order valence-electron chi connectivity index (χ2n) is 5.62. The molecule has 2 N–H and O–H groups in total. The number of rotatable bonds is 4. The van der Waals surface area contributed by atoms with E-state index in [2.05, 4.69) is 20.5 Å². The van der Waals surface area contributed by atoms with Gasteiger partial charge in [-0.1, -0.05) is 17.7 Å². The molecule has 0 saturated heterocycles. The van der Waals surface area contributed by atoms with Gasteiger partial charge in [0.2, 0.25) is 11.6 Å². The Morgan fingerprint density at radius 2 is 2.07 bits per heavy atom. The van der Waals surface area contributed by atoms with Gasteiger partial charge in [-0.2, -0.15) is 15.3 Å². The van der Waals surface area contributed by atoms with Gasteiger partial charge in [-0.05, 0) is 36.4 Å². The zero-order valence-electron chi connectivity index (χ0n) is 13.7. The fraction of sp³-hybridized carbons (Fsp3) is 0. The normalized spacial score (nSPS) is 11.1. The average molecular weight is 380 g/mol. The van der Waals surface area contributed by atoms with E-state index in [1.807, 2.05) is 18.2 Å². The van der Waals surface area contributed by atoms with Crippen molar-refractivity contribution in [3.8, 4) is 17.5 Å². The molecule has 6 nitrogen and oxygen atoms in total. The molecule has 0 spiro atoms. The lowest BCUT2D eigenvalue weighted by Gasteiger charge is -1.96. The maximum absolute atomic E-state index is 13.0. The van der Waals surface area contributed by atoms with Crippen molar-refractivity contribution in [1.82, 2.24) is 9.97 Å². The van der Waals surface area contributed by atoms with Crippen molar-refractivity contribution >= 4 is 34.6 Å². The molecule has 0 saturated carbocycles. The quantitative estimate of drug-likeness (QED) is 0.388. The van der Waals surface area contributed by atoms with E-state index in [-0.39, 0.29) is 23.3 Å². The Hall–Kier alpha value is -3.63. The molecule has 2 aromatic heterocycles. The number of aromatic amines is 1. The average Bonchev–Trinajstić information content (AvgIpc) is 3.26. The van der Waals surface area contributed by atoms with Crippen LogP contribution in [-0.4, -0.2) is 16.2 Å². The van der Waals surface area contributed by atoms with Gasteiger partial charge in [0.25, 0.3) is 5.88 Å². The van der Waals surface area contributed by atoms with Gasteiger partial charge in [-0.15, -0.1) is 0 Å². The predicted octanol–water partition coefficient (Wildman–Crippen LogP) is 4.93. The summed E-state index contributed by atoms with van der Waals surface area (Å²) in [5, 5.41) is 14.9. The van der Waals surface area contributed by atoms with E-state index in [9.17, 15) is 9.65 Å². The smallest absolute Gasteiger partial charge is 0.252 e. The summed E-state index contributed by atoms with van der Waals surface area (Å²) in [6.45, 7) is 0. The SMILES string of the molecule is N#Cc1nc(-c2ccc(F)cc2)oc1N/N=C/c1c[nH]c2cc(Cl)ccc12. The van der Waals surface area contributed by atoms with E-state index in [1.54, 1.807) is 18.5 Å². The molecule has 2 aromatic carbocycles. The standard InChI is InChI=1S/C19H11ClFN5O/c20-13-3-6-15-12(9-23-16(15)7-13)10-24-26-19-17(8-22)25-18(27-19)11-1-4-14(21)5-2-11/h1-7,9-10,23,26H/b24-10+. The lowest BCUT2D eigenvalue weighted by atomic mass is 10.2. The Balaban J connectivity index is 1.58. The van der Waals surface area contributed by atoms with E-state index in [0.29, 0.717) is 10.6 Å². The maximum atomic E-state index is 13.0. The van der Waals surface area contributed by atoms with Crippen molar-refractivity contribution in [2.24, 2.45) is 5.10 Å².